The SMILES string of the molecule is Cc1cc(Br)cnc1Nc1c(C(=O)NOC[C@H](O)CO)cc(Cl)c(F)c1F. The fraction of sp³-hybridized carbons (Fsp3) is 0.250. The lowest BCUT2D eigenvalue weighted by atomic mass is 10.1. The molecule has 0 saturated heterocycles. The van der Waals surface area contributed by atoms with Crippen LogP contribution in [0.2, 0.25) is 5.02 Å². The van der Waals surface area contributed by atoms with Crippen LogP contribution in [0.15, 0.2) is 22.8 Å². The second kappa shape index (κ2) is 9.38. The van der Waals surface area contributed by atoms with Gasteiger partial charge in [-0.25, -0.2) is 19.2 Å². The molecule has 0 fully saturated rings. The number of anilines is 2. The molecule has 11 heteroatoms. The summed E-state index contributed by atoms with van der Waals surface area (Å²) >= 11 is 8.88. The van der Waals surface area contributed by atoms with Gasteiger partial charge in [0.05, 0.1) is 22.9 Å². The molecule has 1 amide bonds. The number of nitrogens with zero attached hydrogens (tertiary/aromatic N) is 1. The number of amides is 1. The van der Waals surface area contributed by atoms with Gasteiger partial charge < -0.3 is 15.5 Å². The minimum atomic E-state index is -1.37. The topological polar surface area (TPSA) is 104 Å². The third-order valence-corrected chi connectivity index (χ3v) is 4.06. The first kappa shape index (κ1) is 21.5. The Morgan fingerprint density at radius 3 is 2.74 bits per heavy atom. The van der Waals surface area contributed by atoms with Crippen LogP contribution in [-0.4, -0.2) is 40.4 Å². The Morgan fingerprint density at radius 2 is 2.11 bits per heavy atom. The standard InChI is InChI=1S/C16H15BrClF2N3O4/c1-7-2-8(17)4-21-15(7)22-14-10(3-11(18)12(19)13(14)20)16(26)23-27-6-9(25)5-24/h2-4,9,24-25H,5-6H2,1H3,(H,21,22)(H,23,26)/t9-/m1/s1. The number of pyridine rings is 1. The molecule has 0 aliphatic rings. The molecule has 146 valence electrons. The van der Waals surface area contributed by atoms with Gasteiger partial charge in [0, 0.05) is 10.7 Å². The Morgan fingerprint density at radius 1 is 1.41 bits per heavy atom. The van der Waals surface area contributed by atoms with Crippen LogP contribution in [0.5, 0.6) is 0 Å². The highest BCUT2D eigenvalue weighted by Gasteiger charge is 2.23. The Labute approximate surface area is 166 Å². The number of carbonyl (C=O) groups is 1. The second-order valence-electron chi connectivity index (χ2n) is 5.43. The van der Waals surface area contributed by atoms with Crippen molar-refractivity contribution in [2.24, 2.45) is 0 Å². The van der Waals surface area contributed by atoms with E-state index in [1.165, 1.54) is 6.20 Å². The van der Waals surface area contributed by atoms with Crippen LogP contribution in [0.1, 0.15) is 15.9 Å². The Kier molecular flexibility index (Phi) is 7.45. The highest BCUT2D eigenvalue weighted by atomic mass is 79.9. The quantitative estimate of drug-likeness (QED) is 0.370. The summed E-state index contributed by atoms with van der Waals surface area (Å²) in [4.78, 5) is 21.1. The largest absolute Gasteiger partial charge is 0.394 e. The third-order valence-electron chi connectivity index (χ3n) is 3.35. The molecule has 0 saturated carbocycles. The molecule has 0 aliphatic carbocycles. The fourth-order valence-corrected chi connectivity index (χ4v) is 2.64. The molecule has 0 radical (unpaired) electrons. The lowest BCUT2D eigenvalue weighted by Crippen LogP contribution is -2.30. The minimum absolute atomic E-state index is 0.199. The smallest absolute Gasteiger partial charge is 0.277 e. The highest BCUT2D eigenvalue weighted by molar-refractivity contribution is 9.10. The zero-order chi connectivity index (χ0) is 20.1. The lowest BCUT2D eigenvalue weighted by molar-refractivity contribution is -0.0295. The van der Waals surface area contributed by atoms with Crippen molar-refractivity contribution in [1.29, 1.82) is 0 Å². The second-order valence-corrected chi connectivity index (χ2v) is 6.75. The Hall–Kier alpha value is -1.85. The molecule has 7 nitrogen and oxygen atoms in total. The number of nitrogens with one attached hydrogen (secondary N) is 2. The molecule has 27 heavy (non-hydrogen) atoms. The third kappa shape index (κ3) is 5.33. The monoisotopic (exact) mass is 465 g/mol. The van der Waals surface area contributed by atoms with Crippen LogP contribution < -0.4 is 10.8 Å². The zero-order valence-electron chi connectivity index (χ0n) is 13.9. The average Bonchev–Trinajstić information content (AvgIpc) is 2.63. The van der Waals surface area contributed by atoms with Crippen LogP contribution >= 0.6 is 27.5 Å². The van der Waals surface area contributed by atoms with E-state index < -0.39 is 47.6 Å². The summed E-state index contributed by atoms with van der Waals surface area (Å²) in [6.07, 6.45) is 0.226. The van der Waals surface area contributed by atoms with E-state index in [1.807, 2.05) is 5.48 Å². The van der Waals surface area contributed by atoms with Crippen molar-refractivity contribution in [1.82, 2.24) is 10.5 Å². The van der Waals surface area contributed by atoms with Crippen LogP contribution in [-0.2, 0) is 4.84 Å². The maximum Gasteiger partial charge on any atom is 0.277 e. The van der Waals surface area contributed by atoms with Gasteiger partial charge in [0.1, 0.15) is 18.5 Å². The molecule has 1 aromatic carbocycles. The van der Waals surface area contributed by atoms with Gasteiger partial charge in [-0.15, -0.1) is 0 Å². The van der Waals surface area contributed by atoms with Crippen molar-refractivity contribution >= 4 is 44.9 Å². The maximum atomic E-state index is 14.4. The Bertz CT molecular complexity index is 857. The van der Waals surface area contributed by atoms with E-state index in [9.17, 15) is 18.7 Å². The summed E-state index contributed by atoms with van der Waals surface area (Å²) in [5, 5.41) is 19.9. The summed E-state index contributed by atoms with van der Waals surface area (Å²) in [5.41, 5.74) is 1.73. The number of hydroxylamine groups is 1. The van der Waals surface area contributed by atoms with E-state index in [1.54, 1.807) is 13.0 Å². The van der Waals surface area contributed by atoms with E-state index in [2.05, 4.69) is 26.2 Å². The van der Waals surface area contributed by atoms with E-state index in [0.29, 0.717) is 10.0 Å². The van der Waals surface area contributed by atoms with E-state index in [-0.39, 0.29) is 11.4 Å². The van der Waals surface area contributed by atoms with Crippen molar-refractivity contribution in [3.63, 3.8) is 0 Å². The van der Waals surface area contributed by atoms with E-state index >= 15 is 0 Å². The zero-order valence-corrected chi connectivity index (χ0v) is 16.2. The summed E-state index contributed by atoms with van der Waals surface area (Å²) in [5.74, 6) is -3.45. The van der Waals surface area contributed by atoms with Crippen LogP contribution in [0.25, 0.3) is 0 Å². The van der Waals surface area contributed by atoms with Crippen LogP contribution in [0.3, 0.4) is 0 Å². The van der Waals surface area contributed by atoms with Crippen LogP contribution in [0.4, 0.5) is 20.3 Å². The first-order valence-corrected chi connectivity index (χ1v) is 8.69. The fourth-order valence-electron chi connectivity index (χ4n) is 2.00. The van der Waals surface area contributed by atoms with E-state index in [0.717, 1.165) is 6.07 Å². The normalized spacial score (nSPS) is 12.0. The van der Waals surface area contributed by atoms with Crippen molar-refractivity contribution in [3.05, 3.63) is 50.6 Å². The number of benzene rings is 1. The molecule has 1 aromatic heterocycles. The number of aromatic nitrogens is 1. The number of hydrogen-bond donors (Lipinski definition) is 4. The number of halogens is 4. The van der Waals surface area contributed by atoms with Gasteiger partial charge in [-0.1, -0.05) is 11.6 Å². The summed E-state index contributed by atoms with van der Waals surface area (Å²) in [6, 6.07) is 2.62. The number of rotatable bonds is 7. The average molecular weight is 467 g/mol. The summed E-state index contributed by atoms with van der Waals surface area (Å²) in [6.45, 7) is 0.702. The number of aliphatic hydroxyl groups excluding tert-OH is 2. The van der Waals surface area contributed by atoms with Gasteiger partial charge >= 0.3 is 0 Å². The molecule has 2 rings (SSSR count). The van der Waals surface area contributed by atoms with Crippen molar-refractivity contribution < 1.29 is 28.6 Å². The predicted octanol–water partition coefficient (Wildman–Crippen LogP) is 2.84. The molecular weight excluding hydrogens is 452 g/mol. The van der Waals surface area contributed by atoms with Gasteiger partial charge in [-0.3, -0.25) is 9.63 Å². The minimum Gasteiger partial charge on any atom is -0.394 e. The number of aliphatic hydroxyl groups is 2. The van der Waals surface area contributed by atoms with Crippen LogP contribution in [0, 0.1) is 18.6 Å². The first-order chi connectivity index (χ1) is 12.7. The van der Waals surface area contributed by atoms with Crippen molar-refractivity contribution in [2.45, 2.75) is 13.0 Å². The lowest BCUT2D eigenvalue weighted by Gasteiger charge is -2.16. The molecular formula is C16H15BrClF2N3O4. The van der Waals surface area contributed by atoms with Gasteiger partial charge in [0.15, 0.2) is 11.6 Å². The molecule has 0 unspecified atom stereocenters. The molecule has 1 heterocycles. The molecule has 0 spiro atoms. The number of aryl methyl sites for hydroxylation is 1. The Balaban J connectivity index is 2.34. The highest BCUT2D eigenvalue weighted by Crippen LogP contribution is 2.31. The van der Waals surface area contributed by atoms with Crippen molar-refractivity contribution in [2.75, 3.05) is 18.5 Å². The van der Waals surface area contributed by atoms with Gasteiger partial charge in [-0.05, 0) is 40.5 Å². The molecule has 1 atom stereocenters. The summed E-state index contributed by atoms with van der Waals surface area (Å²) in [7, 11) is 0. The van der Waals surface area contributed by atoms with Gasteiger partial charge in [0.25, 0.3) is 5.91 Å². The van der Waals surface area contributed by atoms with Gasteiger partial charge in [-0.2, -0.15) is 0 Å². The van der Waals surface area contributed by atoms with Gasteiger partial charge in [0.2, 0.25) is 0 Å². The van der Waals surface area contributed by atoms with E-state index in [4.69, 9.17) is 21.5 Å². The first-order valence-electron chi connectivity index (χ1n) is 7.52. The molecule has 4 N–H and O–H groups in total. The maximum absolute atomic E-state index is 14.4. The predicted molar refractivity (Wildman–Crippen MR) is 97.8 cm³/mol. The molecule has 0 bridgehead atoms. The van der Waals surface area contributed by atoms with Crippen molar-refractivity contribution in [3.8, 4) is 0 Å². The number of carbonyl (C=O) groups excluding carboxylic acids is 1. The molecule has 2 aromatic rings. The number of hydrogen-bond acceptors (Lipinski definition) is 6. The molecule has 0 aliphatic heterocycles. The summed E-state index contributed by atoms with van der Waals surface area (Å²) < 4.78 is 29.0.